The first-order valence-corrected chi connectivity index (χ1v) is 8.12. The molecular weight excluding hydrogens is 282 g/mol. The van der Waals surface area contributed by atoms with Crippen LogP contribution in [0.25, 0.3) is 0 Å². The molecule has 1 amide bonds. The van der Waals surface area contributed by atoms with Crippen LogP contribution in [-0.4, -0.2) is 36.1 Å². The van der Waals surface area contributed by atoms with Crippen LogP contribution >= 0.6 is 11.3 Å². The van der Waals surface area contributed by atoms with Crippen LogP contribution in [0.4, 0.5) is 0 Å². The molecule has 3 nitrogen and oxygen atoms in total. The summed E-state index contributed by atoms with van der Waals surface area (Å²) in [6.07, 6.45) is 0.996. The van der Waals surface area contributed by atoms with E-state index in [0.29, 0.717) is 13.1 Å². The molecule has 2 atom stereocenters. The van der Waals surface area contributed by atoms with Crippen LogP contribution in [0.1, 0.15) is 22.2 Å². The monoisotopic (exact) mass is 301 g/mol. The average molecular weight is 301 g/mol. The number of amides is 1. The van der Waals surface area contributed by atoms with Gasteiger partial charge in [-0.05, 0) is 23.9 Å². The van der Waals surface area contributed by atoms with Crippen molar-refractivity contribution in [1.82, 2.24) is 4.90 Å². The molecule has 2 aromatic rings. The third kappa shape index (κ3) is 3.52. The van der Waals surface area contributed by atoms with E-state index >= 15 is 0 Å². The maximum absolute atomic E-state index is 12.5. The number of carbonyl (C=O) groups excluding carboxylic acids is 1. The van der Waals surface area contributed by atoms with Crippen molar-refractivity contribution in [2.75, 3.05) is 13.1 Å². The predicted molar refractivity (Wildman–Crippen MR) is 84.7 cm³/mol. The Morgan fingerprint density at radius 1 is 1.24 bits per heavy atom. The van der Waals surface area contributed by atoms with Gasteiger partial charge in [0.2, 0.25) is 0 Å². The number of rotatable bonds is 3. The molecule has 1 aliphatic heterocycles. The van der Waals surface area contributed by atoms with Gasteiger partial charge in [-0.2, -0.15) is 0 Å². The first-order chi connectivity index (χ1) is 10.2. The maximum Gasteiger partial charge on any atom is 0.264 e. The Hall–Kier alpha value is -1.65. The largest absolute Gasteiger partial charge is 0.371 e. The van der Waals surface area contributed by atoms with Gasteiger partial charge in [0.1, 0.15) is 0 Å². The zero-order valence-corrected chi connectivity index (χ0v) is 12.9. The minimum absolute atomic E-state index is 0.0695. The Kier molecular flexibility index (Phi) is 4.36. The molecule has 1 fully saturated rings. The molecule has 21 heavy (non-hydrogen) atoms. The molecule has 1 aromatic carbocycles. The zero-order valence-electron chi connectivity index (χ0n) is 12.1. The minimum Gasteiger partial charge on any atom is -0.371 e. The SMILES string of the molecule is CC1CN(C(=O)c2cccs2)CC(Cc2ccccc2)O1. The van der Waals surface area contributed by atoms with Gasteiger partial charge in [-0.25, -0.2) is 0 Å². The molecule has 2 heterocycles. The van der Waals surface area contributed by atoms with Crippen molar-refractivity contribution < 1.29 is 9.53 Å². The Bertz CT molecular complexity index is 582. The average Bonchev–Trinajstić information content (AvgIpc) is 3.01. The van der Waals surface area contributed by atoms with E-state index in [1.54, 1.807) is 0 Å². The van der Waals surface area contributed by atoms with Gasteiger partial charge in [-0.3, -0.25) is 4.79 Å². The van der Waals surface area contributed by atoms with Gasteiger partial charge < -0.3 is 9.64 Å². The quantitative estimate of drug-likeness (QED) is 0.871. The van der Waals surface area contributed by atoms with Crippen LogP contribution in [0, 0.1) is 0 Å². The molecule has 0 spiro atoms. The number of hydrogen-bond donors (Lipinski definition) is 0. The second kappa shape index (κ2) is 6.41. The van der Waals surface area contributed by atoms with Crippen molar-refractivity contribution >= 4 is 17.2 Å². The molecule has 1 aromatic heterocycles. The number of thiophene rings is 1. The van der Waals surface area contributed by atoms with Gasteiger partial charge >= 0.3 is 0 Å². The van der Waals surface area contributed by atoms with E-state index in [4.69, 9.17) is 4.74 Å². The summed E-state index contributed by atoms with van der Waals surface area (Å²) < 4.78 is 6.00. The minimum atomic E-state index is 0.0695. The standard InChI is InChI=1S/C17H19NO2S/c1-13-11-18(17(19)16-8-5-9-21-16)12-15(20-13)10-14-6-3-2-4-7-14/h2-9,13,15H,10-12H2,1H3. The van der Waals surface area contributed by atoms with Crippen LogP contribution in [0.5, 0.6) is 0 Å². The summed E-state index contributed by atoms with van der Waals surface area (Å²) in [5.41, 5.74) is 1.25. The molecule has 1 aliphatic rings. The van der Waals surface area contributed by atoms with E-state index in [2.05, 4.69) is 12.1 Å². The van der Waals surface area contributed by atoms with Crippen LogP contribution in [0.15, 0.2) is 47.8 Å². The first-order valence-electron chi connectivity index (χ1n) is 7.24. The number of nitrogens with zero attached hydrogens (tertiary/aromatic N) is 1. The van der Waals surface area contributed by atoms with Crippen molar-refractivity contribution in [3.05, 3.63) is 58.3 Å². The highest BCUT2D eigenvalue weighted by Crippen LogP contribution is 2.19. The Morgan fingerprint density at radius 3 is 2.76 bits per heavy atom. The molecule has 1 saturated heterocycles. The van der Waals surface area contributed by atoms with E-state index in [1.165, 1.54) is 16.9 Å². The van der Waals surface area contributed by atoms with Gasteiger partial charge in [-0.15, -0.1) is 11.3 Å². The van der Waals surface area contributed by atoms with Crippen molar-refractivity contribution in [3.8, 4) is 0 Å². The summed E-state index contributed by atoms with van der Waals surface area (Å²) >= 11 is 1.50. The molecule has 4 heteroatoms. The Balaban J connectivity index is 1.68. The second-order valence-corrected chi connectivity index (χ2v) is 6.39. The summed E-state index contributed by atoms with van der Waals surface area (Å²) in [4.78, 5) is 15.2. The molecule has 110 valence electrons. The van der Waals surface area contributed by atoms with Crippen LogP contribution in [0.3, 0.4) is 0 Å². The molecule has 0 radical (unpaired) electrons. The Morgan fingerprint density at radius 2 is 2.05 bits per heavy atom. The van der Waals surface area contributed by atoms with Crippen molar-refractivity contribution in [1.29, 1.82) is 0 Å². The number of morpholine rings is 1. The molecule has 0 bridgehead atoms. The lowest BCUT2D eigenvalue weighted by atomic mass is 10.1. The van der Waals surface area contributed by atoms with E-state index < -0.39 is 0 Å². The first kappa shape index (κ1) is 14.3. The summed E-state index contributed by atoms with van der Waals surface area (Å²) in [6.45, 7) is 3.36. The van der Waals surface area contributed by atoms with Gasteiger partial charge in [0.15, 0.2) is 0 Å². The molecular formula is C17H19NO2S. The van der Waals surface area contributed by atoms with Crippen molar-refractivity contribution in [2.45, 2.75) is 25.6 Å². The third-order valence-corrected chi connectivity index (χ3v) is 4.51. The summed E-state index contributed by atoms with van der Waals surface area (Å²) in [5.74, 6) is 0.123. The molecule has 0 saturated carbocycles. The topological polar surface area (TPSA) is 29.5 Å². The number of ether oxygens (including phenoxy) is 1. The van der Waals surface area contributed by atoms with Crippen LogP contribution < -0.4 is 0 Å². The summed E-state index contributed by atoms with van der Waals surface area (Å²) in [7, 11) is 0. The van der Waals surface area contributed by atoms with Crippen molar-refractivity contribution in [3.63, 3.8) is 0 Å². The van der Waals surface area contributed by atoms with E-state index in [0.717, 1.165) is 11.3 Å². The fourth-order valence-corrected chi connectivity index (χ4v) is 3.45. The van der Waals surface area contributed by atoms with E-state index in [1.807, 2.05) is 47.5 Å². The molecule has 0 aliphatic carbocycles. The third-order valence-electron chi connectivity index (χ3n) is 3.65. The molecule has 3 rings (SSSR count). The maximum atomic E-state index is 12.5. The number of benzene rings is 1. The lowest BCUT2D eigenvalue weighted by Gasteiger charge is -2.36. The predicted octanol–water partition coefficient (Wildman–Crippen LogP) is 3.22. The van der Waals surface area contributed by atoms with Gasteiger partial charge in [-0.1, -0.05) is 36.4 Å². The lowest BCUT2D eigenvalue weighted by molar-refractivity contribution is -0.0663. The highest BCUT2D eigenvalue weighted by atomic mass is 32.1. The van der Waals surface area contributed by atoms with Crippen molar-refractivity contribution in [2.24, 2.45) is 0 Å². The van der Waals surface area contributed by atoms with Gasteiger partial charge in [0.25, 0.3) is 5.91 Å². The second-order valence-electron chi connectivity index (χ2n) is 5.45. The fraction of sp³-hybridized carbons (Fsp3) is 0.353. The van der Waals surface area contributed by atoms with E-state index in [9.17, 15) is 4.79 Å². The highest BCUT2D eigenvalue weighted by Gasteiger charge is 2.29. The van der Waals surface area contributed by atoms with Crippen LogP contribution in [-0.2, 0) is 11.2 Å². The summed E-state index contributed by atoms with van der Waals surface area (Å²) in [6, 6.07) is 14.1. The molecule has 2 unspecified atom stereocenters. The smallest absolute Gasteiger partial charge is 0.264 e. The Labute approximate surface area is 129 Å². The lowest BCUT2D eigenvalue weighted by Crippen LogP contribution is -2.49. The van der Waals surface area contributed by atoms with Crippen LogP contribution in [0.2, 0.25) is 0 Å². The number of hydrogen-bond acceptors (Lipinski definition) is 3. The molecule has 0 N–H and O–H groups in total. The normalized spacial score (nSPS) is 22.2. The summed E-state index contributed by atoms with van der Waals surface area (Å²) in [5, 5.41) is 1.94. The fourth-order valence-electron chi connectivity index (χ4n) is 2.76. The number of carbonyl (C=O) groups is 1. The zero-order chi connectivity index (χ0) is 14.7. The van der Waals surface area contributed by atoms with Gasteiger partial charge in [0.05, 0.1) is 17.1 Å². The van der Waals surface area contributed by atoms with Gasteiger partial charge in [0, 0.05) is 19.5 Å². The highest BCUT2D eigenvalue weighted by molar-refractivity contribution is 7.12. The van der Waals surface area contributed by atoms with E-state index in [-0.39, 0.29) is 18.1 Å².